The smallest absolute Gasteiger partial charge is 0.267 e. The van der Waals surface area contributed by atoms with Gasteiger partial charge in [0.2, 0.25) is 10.0 Å². The lowest BCUT2D eigenvalue weighted by molar-refractivity contribution is -0.122. The zero-order valence-corrected chi connectivity index (χ0v) is 19.0. The molecule has 1 aliphatic rings. The third-order valence-electron chi connectivity index (χ3n) is 4.85. The Morgan fingerprint density at radius 2 is 1.88 bits per heavy atom. The minimum Gasteiger partial charge on any atom is -0.476 e. The molecule has 166 valence electrons. The summed E-state index contributed by atoms with van der Waals surface area (Å²) in [7, 11) is -3.62. The highest BCUT2D eigenvalue weighted by atomic mass is 35.5. The minimum atomic E-state index is -3.62. The van der Waals surface area contributed by atoms with Crippen molar-refractivity contribution in [1.29, 1.82) is 0 Å². The number of sulfonamides is 1. The maximum Gasteiger partial charge on any atom is 0.267 e. The Morgan fingerprint density at radius 3 is 2.59 bits per heavy atom. The number of fused-ring (bicyclic) bond motifs is 1. The molecule has 1 N–H and O–H groups in total. The van der Waals surface area contributed by atoms with Crippen LogP contribution in [0, 0.1) is 6.92 Å². The van der Waals surface area contributed by atoms with E-state index in [9.17, 15) is 13.2 Å². The molecular weight excluding hydrogens is 452 g/mol. The van der Waals surface area contributed by atoms with Crippen molar-refractivity contribution in [1.82, 2.24) is 0 Å². The third-order valence-corrected chi connectivity index (χ3v) is 6.23. The van der Waals surface area contributed by atoms with Crippen molar-refractivity contribution in [3.05, 3.63) is 77.3 Å². The summed E-state index contributed by atoms with van der Waals surface area (Å²) < 4.78 is 37.7. The first-order valence-corrected chi connectivity index (χ1v) is 12.0. The summed E-state index contributed by atoms with van der Waals surface area (Å²) in [4.78, 5) is 13.1. The van der Waals surface area contributed by atoms with Crippen LogP contribution in [0.2, 0.25) is 5.02 Å². The first kappa shape index (κ1) is 22.0. The molecule has 0 spiro atoms. The Labute approximate surface area is 191 Å². The summed E-state index contributed by atoms with van der Waals surface area (Å²) >= 11 is 6.13. The Hall–Kier alpha value is -3.23. The van der Waals surface area contributed by atoms with E-state index in [2.05, 4.69) is 5.32 Å². The predicted molar refractivity (Wildman–Crippen MR) is 124 cm³/mol. The summed E-state index contributed by atoms with van der Waals surface area (Å²) in [5, 5.41) is 3.17. The molecule has 3 aromatic carbocycles. The van der Waals surface area contributed by atoms with Crippen LogP contribution in [0.5, 0.6) is 17.2 Å². The van der Waals surface area contributed by atoms with Gasteiger partial charge in [-0.25, -0.2) is 8.42 Å². The zero-order chi connectivity index (χ0) is 22.9. The van der Waals surface area contributed by atoms with E-state index in [1.165, 1.54) is 4.31 Å². The Morgan fingerprint density at radius 1 is 1.12 bits per heavy atom. The van der Waals surface area contributed by atoms with Crippen molar-refractivity contribution >= 4 is 38.9 Å². The van der Waals surface area contributed by atoms with Crippen molar-refractivity contribution in [2.75, 3.05) is 22.4 Å². The van der Waals surface area contributed by atoms with E-state index in [4.69, 9.17) is 21.1 Å². The molecule has 9 heteroatoms. The number of amides is 1. The van der Waals surface area contributed by atoms with Gasteiger partial charge >= 0.3 is 0 Å². The number of aryl methyl sites for hydroxylation is 1. The van der Waals surface area contributed by atoms with Crippen molar-refractivity contribution in [2.24, 2.45) is 0 Å². The first-order valence-electron chi connectivity index (χ1n) is 9.79. The van der Waals surface area contributed by atoms with Crippen LogP contribution in [-0.4, -0.2) is 33.2 Å². The number of hydrogen-bond acceptors (Lipinski definition) is 5. The topological polar surface area (TPSA) is 84.9 Å². The van der Waals surface area contributed by atoms with Crippen molar-refractivity contribution in [2.45, 2.75) is 13.0 Å². The maximum absolute atomic E-state index is 13.1. The summed E-state index contributed by atoms with van der Waals surface area (Å²) in [5.41, 5.74) is 1.63. The van der Waals surface area contributed by atoms with E-state index in [0.29, 0.717) is 33.6 Å². The molecular formula is C23H21ClN2O5S. The molecule has 32 heavy (non-hydrogen) atoms. The van der Waals surface area contributed by atoms with Gasteiger partial charge in [0.05, 0.1) is 24.2 Å². The molecule has 0 bridgehead atoms. The minimum absolute atomic E-state index is 0.156. The van der Waals surface area contributed by atoms with Gasteiger partial charge in [-0.1, -0.05) is 35.9 Å². The number of rotatable bonds is 5. The number of anilines is 2. The second-order valence-corrected chi connectivity index (χ2v) is 9.76. The molecule has 0 radical (unpaired) electrons. The number of carbonyl (C=O) groups excluding carboxylic acids is 1. The number of benzene rings is 3. The molecule has 7 nitrogen and oxygen atoms in total. The quantitative estimate of drug-likeness (QED) is 0.586. The number of carbonyl (C=O) groups is 1. The van der Waals surface area contributed by atoms with Crippen LogP contribution in [0.4, 0.5) is 11.4 Å². The molecule has 1 heterocycles. The Balaban J connectivity index is 1.61. The molecule has 0 saturated carbocycles. The van der Waals surface area contributed by atoms with Crippen LogP contribution in [0.25, 0.3) is 0 Å². The van der Waals surface area contributed by atoms with Gasteiger partial charge in [0.25, 0.3) is 5.91 Å². The Kier molecular flexibility index (Phi) is 5.99. The molecule has 0 aromatic heterocycles. The van der Waals surface area contributed by atoms with Crippen LogP contribution in [0.15, 0.2) is 66.7 Å². The van der Waals surface area contributed by atoms with Crippen LogP contribution in [-0.2, 0) is 14.8 Å². The molecule has 0 saturated heterocycles. The van der Waals surface area contributed by atoms with E-state index in [1.807, 2.05) is 25.1 Å². The van der Waals surface area contributed by atoms with E-state index < -0.39 is 22.0 Å². The first-order chi connectivity index (χ1) is 15.2. The maximum atomic E-state index is 13.1. The van der Waals surface area contributed by atoms with Crippen LogP contribution < -0.4 is 19.1 Å². The molecule has 3 aromatic rings. The summed E-state index contributed by atoms with van der Waals surface area (Å²) in [6.45, 7) is 1.70. The molecule has 0 fully saturated rings. The van der Waals surface area contributed by atoms with Gasteiger partial charge in [-0.3, -0.25) is 9.10 Å². The second-order valence-electron chi connectivity index (χ2n) is 7.42. The highest BCUT2D eigenvalue weighted by Crippen LogP contribution is 2.37. The number of halogens is 1. The lowest BCUT2D eigenvalue weighted by atomic mass is 10.1. The van der Waals surface area contributed by atoms with Gasteiger partial charge in [0.15, 0.2) is 11.9 Å². The highest BCUT2D eigenvalue weighted by molar-refractivity contribution is 7.92. The largest absolute Gasteiger partial charge is 0.476 e. The van der Waals surface area contributed by atoms with E-state index in [-0.39, 0.29) is 6.54 Å². The number of nitrogens with zero attached hydrogens (tertiary/aromatic N) is 1. The van der Waals surface area contributed by atoms with Crippen molar-refractivity contribution in [3.63, 3.8) is 0 Å². The number of para-hydroxylation sites is 1. The monoisotopic (exact) mass is 472 g/mol. The van der Waals surface area contributed by atoms with Crippen LogP contribution >= 0.6 is 11.6 Å². The SMILES string of the molecule is Cc1ccc2c(c1)N(S(C)(=O)=O)CC(C(=O)Nc1cc(Cl)ccc1Oc1ccccc1)O2. The van der Waals surface area contributed by atoms with Crippen LogP contribution in [0.3, 0.4) is 0 Å². The molecule has 4 rings (SSSR count). The van der Waals surface area contributed by atoms with Gasteiger partial charge in [-0.2, -0.15) is 0 Å². The Bertz CT molecular complexity index is 1260. The average Bonchev–Trinajstić information content (AvgIpc) is 2.75. The average molecular weight is 473 g/mol. The van der Waals surface area contributed by atoms with E-state index in [0.717, 1.165) is 11.8 Å². The van der Waals surface area contributed by atoms with Gasteiger partial charge in [0, 0.05) is 5.02 Å². The molecule has 1 atom stereocenters. The van der Waals surface area contributed by atoms with Gasteiger partial charge in [-0.15, -0.1) is 0 Å². The highest BCUT2D eigenvalue weighted by Gasteiger charge is 2.35. The van der Waals surface area contributed by atoms with Gasteiger partial charge in [-0.05, 0) is 55.0 Å². The summed E-state index contributed by atoms with van der Waals surface area (Å²) in [6.07, 6.45) is 0.0332. The zero-order valence-electron chi connectivity index (χ0n) is 17.4. The van der Waals surface area contributed by atoms with Crippen molar-refractivity contribution < 1.29 is 22.7 Å². The number of nitrogens with one attached hydrogen (secondary N) is 1. The predicted octanol–water partition coefficient (Wildman–Crippen LogP) is 4.61. The van der Waals surface area contributed by atoms with Gasteiger partial charge in [0.1, 0.15) is 11.5 Å². The lowest BCUT2D eigenvalue weighted by Gasteiger charge is -2.34. The number of hydrogen-bond donors (Lipinski definition) is 1. The molecule has 0 aliphatic carbocycles. The third kappa shape index (κ3) is 4.81. The fourth-order valence-corrected chi connectivity index (χ4v) is 4.41. The van der Waals surface area contributed by atoms with Crippen molar-refractivity contribution in [3.8, 4) is 17.2 Å². The normalized spacial score (nSPS) is 15.5. The van der Waals surface area contributed by atoms with E-state index in [1.54, 1.807) is 48.5 Å². The van der Waals surface area contributed by atoms with Gasteiger partial charge < -0.3 is 14.8 Å². The second kappa shape index (κ2) is 8.72. The van der Waals surface area contributed by atoms with Crippen LogP contribution in [0.1, 0.15) is 5.56 Å². The number of ether oxygens (including phenoxy) is 2. The standard InChI is InChI=1S/C23H21ClN2O5S/c1-15-8-10-21-19(12-15)26(32(2,28)29)14-22(31-21)23(27)25-18-13-16(24)9-11-20(18)30-17-6-4-3-5-7-17/h3-13,22H,14H2,1-2H3,(H,25,27). The summed E-state index contributed by atoms with van der Waals surface area (Å²) in [6, 6.07) is 19.1. The molecule has 1 aliphatic heterocycles. The fraction of sp³-hybridized carbons (Fsp3) is 0.174. The fourth-order valence-electron chi connectivity index (χ4n) is 3.33. The van der Waals surface area contributed by atoms with E-state index >= 15 is 0 Å². The molecule has 1 amide bonds. The molecule has 1 unspecified atom stereocenters. The summed E-state index contributed by atoms with van der Waals surface area (Å²) in [5.74, 6) is 0.775. The lowest BCUT2D eigenvalue weighted by Crippen LogP contribution is -2.48.